The van der Waals surface area contributed by atoms with E-state index in [0.29, 0.717) is 19.0 Å². The second-order valence-corrected chi connectivity index (χ2v) is 7.80. The average Bonchev–Trinajstić information content (AvgIpc) is 2.42. The summed E-state index contributed by atoms with van der Waals surface area (Å²) in [6.07, 6.45) is 1.88. The zero-order valence-electron chi connectivity index (χ0n) is 11.7. The van der Waals surface area contributed by atoms with Gasteiger partial charge in [0.1, 0.15) is 5.82 Å². The minimum atomic E-state index is -3.54. The largest absolute Gasteiger partial charge is 0.319 e. The third-order valence-electron chi connectivity index (χ3n) is 3.50. The summed E-state index contributed by atoms with van der Waals surface area (Å²) < 4.78 is 40.0. The van der Waals surface area contributed by atoms with E-state index in [1.54, 1.807) is 0 Å². The minimum absolute atomic E-state index is 0. The first-order chi connectivity index (χ1) is 9.45. The lowest BCUT2D eigenvalue weighted by Gasteiger charge is -2.31. The summed E-state index contributed by atoms with van der Waals surface area (Å²) in [7, 11) is -1.68. The van der Waals surface area contributed by atoms with Gasteiger partial charge in [0.05, 0.1) is 9.37 Å². The summed E-state index contributed by atoms with van der Waals surface area (Å²) in [6.45, 7) is 1.84. The quantitative estimate of drug-likeness (QED) is 0.844. The van der Waals surface area contributed by atoms with Crippen molar-refractivity contribution in [2.75, 3.05) is 26.7 Å². The van der Waals surface area contributed by atoms with E-state index in [2.05, 4.69) is 21.2 Å². The summed E-state index contributed by atoms with van der Waals surface area (Å²) in [5.41, 5.74) is 0. The standard InChI is InChI=1S/C13H18BrFN2O2S.ClH/c1-16-8-10-3-2-6-17(9-10)20(18,19)11-4-5-13(15)12(14)7-11;/h4-5,7,10,16H,2-3,6,8-9H2,1H3;1H. The fourth-order valence-corrected chi connectivity index (χ4v) is 4.60. The second-order valence-electron chi connectivity index (χ2n) is 5.00. The number of piperidine rings is 1. The van der Waals surface area contributed by atoms with Crippen LogP contribution in [-0.4, -0.2) is 39.4 Å². The molecule has 0 radical (unpaired) electrons. The molecule has 4 nitrogen and oxygen atoms in total. The van der Waals surface area contributed by atoms with Crippen molar-refractivity contribution < 1.29 is 12.8 Å². The van der Waals surface area contributed by atoms with Crippen LogP contribution in [0.25, 0.3) is 0 Å². The Hall–Kier alpha value is -0.210. The molecule has 0 aliphatic carbocycles. The van der Waals surface area contributed by atoms with Crippen molar-refractivity contribution in [2.24, 2.45) is 5.92 Å². The Kier molecular flexibility index (Phi) is 7.06. The van der Waals surface area contributed by atoms with Crippen molar-refractivity contribution in [1.29, 1.82) is 0 Å². The molecular weight excluding hydrogens is 383 g/mol. The maximum absolute atomic E-state index is 13.2. The predicted octanol–water partition coefficient (Wildman–Crippen LogP) is 2.63. The average molecular weight is 402 g/mol. The highest BCUT2D eigenvalue weighted by molar-refractivity contribution is 9.10. The van der Waals surface area contributed by atoms with Gasteiger partial charge in [-0.05, 0) is 66.5 Å². The molecule has 1 aliphatic rings. The molecule has 0 spiro atoms. The van der Waals surface area contributed by atoms with Crippen LogP contribution in [0.4, 0.5) is 4.39 Å². The predicted molar refractivity (Wildman–Crippen MR) is 86.8 cm³/mol. The van der Waals surface area contributed by atoms with Crippen molar-refractivity contribution in [3.05, 3.63) is 28.5 Å². The van der Waals surface area contributed by atoms with Gasteiger partial charge in [-0.3, -0.25) is 0 Å². The Bertz CT molecular complexity index is 584. The molecule has 1 aromatic rings. The Balaban J connectivity index is 0.00000220. The van der Waals surface area contributed by atoms with Gasteiger partial charge >= 0.3 is 0 Å². The first kappa shape index (κ1) is 18.8. The Morgan fingerprint density at radius 2 is 2.19 bits per heavy atom. The topological polar surface area (TPSA) is 49.4 Å². The number of rotatable bonds is 4. The summed E-state index contributed by atoms with van der Waals surface area (Å²) >= 11 is 3.03. The number of benzene rings is 1. The van der Waals surface area contributed by atoms with Gasteiger partial charge in [0.25, 0.3) is 0 Å². The van der Waals surface area contributed by atoms with E-state index in [1.165, 1.54) is 22.5 Å². The van der Waals surface area contributed by atoms with Crippen LogP contribution in [0.5, 0.6) is 0 Å². The lowest BCUT2D eigenvalue weighted by Crippen LogP contribution is -2.42. The summed E-state index contributed by atoms with van der Waals surface area (Å²) in [6, 6.07) is 3.81. The minimum Gasteiger partial charge on any atom is -0.319 e. The Morgan fingerprint density at radius 1 is 1.48 bits per heavy atom. The lowest BCUT2D eigenvalue weighted by atomic mass is 10.00. The highest BCUT2D eigenvalue weighted by Gasteiger charge is 2.30. The van der Waals surface area contributed by atoms with Crippen LogP contribution in [0.15, 0.2) is 27.6 Å². The van der Waals surface area contributed by atoms with Crippen LogP contribution >= 0.6 is 28.3 Å². The third-order valence-corrected chi connectivity index (χ3v) is 5.97. The number of sulfonamides is 1. The Morgan fingerprint density at radius 3 is 2.81 bits per heavy atom. The molecule has 1 aromatic carbocycles. The summed E-state index contributed by atoms with van der Waals surface area (Å²) in [4.78, 5) is 0.135. The highest BCUT2D eigenvalue weighted by Crippen LogP contribution is 2.26. The van der Waals surface area contributed by atoms with Gasteiger partial charge in [0.15, 0.2) is 0 Å². The van der Waals surface area contributed by atoms with Crippen LogP contribution in [0, 0.1) is 11.7 Å². The normalized spacial score (nSPS) is 20.0. The molecule has 0 bridgehead atoms. The SMILES string of the molecule is CNCC1CCCN(S(=O)(=O)c2ccc(F)c(Br)c2)C1.Cl. The summed E-state index contributed by atoms with van der Waals surface area (Å²) in [5.74, 6) is -0.136. The number of halogens is 3. The van der Waals surface area contributed by atoms with E-state index < -0.39 is 15.8 Å². The fraction of sp³-hybridized carbons (Fsp3) is 0.538. The van der Waals surface area contributed by atoms with E-state index >= 15 is 0 Å². The fourth-order valence-electron chi connectivity index (χ4n) is 2.49. The van der Waals surface area contributed by atoms with Crippen LogP contribution < -0.4 is 5.32 Å². The molecule has 2 rings (SSSR count). The van der Waals surface area contributed by atoms with Gasteiger partial charge in [-0.1, -0.05) is 0 Å². The monoisotopic (exact) mass is 400 g/mol. The Labute approximate surface area is 139 Å². The summed E-state index contributed by atoms with van der Waals surface area (Å²) in [5, 5.41) is 3.09. The van der Waals surface area contributed by atoms with E-state index in [9.17, 15) is 12.8 Å². The van der Waals surface area contributed by atoms with Gasteiger partial charge in [-0.15, -0.1) is 12.4 Å². The van der Waals surface area contributed by atoms with Gasteiger partial charge < -0.3 is 5.32 Å². The molecule has 1 N–H and O–H groups in total. The molecule has 0 amide bonds. The molecular formula is C13H19BrClFN2O2S. The first-order valence-corrected chi connectivity index (χ1v) is 8.78. The van der Waals surface area contributed by atoms with Gasteiger partial charge in [-0.25, -0.2) is 12.8 Å². The molecule has 1 heterocycles. The van der Waals surface area contributed by atoms with Gasteiger partial charge in [-0.2, -0.15) is 4.31 Å². The van der Waals surface area contributed by atoms with Crippen molar-refractivity contribution in [3.8, 4) is 0 Å². The number of hydrogen-bond donors (Lipinski definition) is 1. The number of nitrogens with one attached hydrogen (secondary N) is 1. The highest BCUT2D eigenvalue weighted by atomic mass is 79.9. The molecule has 21 heavy (non-hydrogen) atoms. The van der Waals surface area contributed by atoms with Crippen molar-refractivity contribution in [3.63, 3.8) is 0 Å². The maximum Gasteiger partial charge on any atom is 0.243 e. The molecule has 1 atom stereocenters. The number of hydrogen-bond acceptors (Lipinski definition) is 3. The van der Waals surface area contributed by atoms with E-state index in [-0.39, 0.29) is 21.8 Å². The lowest BCUT2D eigenvalue weighted by molar-refractivity contribution is 0.263. The number of nitrogens with zero attached hydrogens (tertiary/aromatic N) is 1. The van der Waals surface area contributed by atoms with E-state index in [4.69, 9.17) is 0 Å². The van der Waals surface area contributed by atoms with Crippen molar-refractivity contribution in [2.45, 2.75) is 17.7 Å². The van der Waals surface area contributed by atoms with Crippen LogP contribution in [-0.2, 0) is 10.0 Å². The molecule has 1 unspecified atom stereocenters. The van der Waals surface area contributed by atoms with E-state index in [1.807, 2.05) is 7.05 Å². The molecule has 1 fully saturated rings. The van der Waals surface area contributed by atoms with Gasteiger partial charge in [0.2, 0.25) is 10.0 Å². The maximum atomic E-state index is 13.2. The van der Waals surface area contributed by atoms with Gasteiger partial charge in [0, 0.05) is 13.1 Å². The molecule has 1 aliphatic heterocycles. The third kappa shape index (κ3) is 4.39. The molecule has 120 valence electrons. The van der Waals surface area contributed by atoms with Crippen molar-refractivity contribution >= 4 is 38.4 Å². The molecule has 0 saturated carbocycles. The molecule has 1 saturated heterocycles. The molecule has 8 heteroatoms. The second kappa shape index (κ2) is 7.87. The zero-order valence-corrected chi connectivity index (χ0v) is 14.9. The smallest absolute Gasteiger partial charge is 0.243 e. The first-order valence-electron chi connectivity index (χ1n) is 6.55. The van der Waals surface area contributed by atoms with Crippen molar-refractivity contribution in [1.82, 2.24) is 9.62 Å². The molecule has 0 aromatic heterocycles. The van der Waals surface area contributed by atoms with E-state index in [0.717, 1.165) is 19.4 Å². The van der Waals surface area contributed by atoms with Crippen LogP contribution in [0.3, 0.4) is 0 Å². The van der Waals surface area contributed by atoms with Crippen LogP contribution in [0.1, 0.15) is 12.8 Å². The zero-order chi connectivity index (χ0) is 14.8. The van der Waals surface area contributed by atoms with Crippen LogP contribution in [0.2, 0.25) is 0 Å².